The van der Waals surface area contributed by atoms with Crippen LogP contribution in [0.15, 0.2) is 29.0 Å². The molecule has 0 fully saturated rings. The lowest BCUT2D eigenvalue weighted by atomic mass is 10.3. The first-order valence-electron chi connectivity index (χ1n) is 8.60. The Bertz CT molecular complexity index is 1070. The summed E-state index contributed by atoms with van der Waals surface area (Å²) in [7, 11) is 1.02. The lowest BCUT2D eigenvalue weighted by Gasteiger charge is -2.06. The molecule has 0 spiro atoms. The second-order valence-corrected chi connectivity index (χ2v) is 6.47. The summed E-state index contributed by atoms with van der Waals surface area (Å²) < 4.78 is 46.2. The zero-order valence-corrected chi connectivity index (χ0v) is 16.5. The van der Waals surface area contributed by atoms with Crippen LogP contribution in [-0.4, -0.2) is 31.4 Å². The molecule has 0 saturated heterocycles. The number of aryl methyl sites for hydroxylation is 2. The highest BCUT2D eigenvalue weighted by molar-refractivity contribution is 6.34. The minimum absolute atomic E-state index is 0.00549. The van der Waals surface area contributed by atoms with E-state index in [0.717, 1.165) is 7.05 Å². The van der Waals surface area contributed by atoms with E-state index in [1.54, 1.807) is 19.1 Å². The molecule has 0 aliphatic rings. The van der Waals surface area contributed by atoms with E-state index in [1.165, 1.54) is 17.1 Å². The van der Waals surface area contributed by atoms with Gasteiger partial charge in [-0.25, -0.2) is 0 Å². The molecule has 2 amide bonds. The molecular weight excluding hydrogens is 429 g/mol. The first kappa shape index (κ1) is 21.4. The highest BCUT2D eigenvalue weighted by atomic mass is 35.5. The number of nitrogens with zero attached hydrogens (tertiary/aromatic N) is 4. The number of anilines is 1. The van der Waals surface area contributed by atoms with Gasteiger partial charge in [0, 0.05) is 19.8 Å². The zero-order chi connectivity index (χ0) is 22.1. The van der Waals surface area contributed by atoms with Crippen molar-refractivity contribution in [3.05, 3.63) is 52.5 Å². The molecule has 0 aliphatic heterocycles. The second-order valence-electron chi connectivity index (χ2n) is 6.10. The van der Waals surface area contributed by atoms with Crippen molar-refractivity contribution in [3.8, 4) is 0 Å². The van der Waals surface area contributed by atoms with Crippen LogP contribution in [0.1, 0.15) is 39.4 Å². The average Bonchev–Trinajstić information content (AvgIpc) is 3.38. The number of rotatable bonds is 6. The number of alkyl halides is 3. The van der Waals surface area contributed by atoms with Crippen LogP contribution in [0.4, 0.5) is 18.9 Å². The number of hydrogen-bond acceptors (Lipinski definition) is 5. The molecule has 0 aliphatic carbocycles. The minimum atomic E-state index is -4.79. The molecule has 3 heterocycles. The SMILES string of the molecule is CCn1cc(NC(=O)c2nn(C)c(C(F)(F)F)c2Cl)c(C(=O)NCc2ccco2)n1. The van der Waals surface area contributed by atoms with Crippen molar-refractivity contribution in [2.45, 2.75) is 26.2 Å². The van der Waals surface area contributed by atoms with Gasteiger partial charge in [0.1, 0.15) is 10.8 Å². The maximum atomic E-state index is 13.1. The summed E-state index contributed by atoms with van der Waals surface area (Å²) in [5, 5.41) is 11.7. The summed E-state index contributed by atoms with van der Waals surface area (Å²) in [6.45, 7) is 2.23. The molecular formula is C17H16ClF3N6O3. The van der Waals surface area contributed by atoms with Crippen molar-refractivity contribution in [1.29, 1.82) is 0 Å². The third-order valence-electron chi connectivity index (χ3n) is 4.03. The Morgan fingerprint density at radius 1 is 1.23 bits per heavy atom. The summed E-state index contributed by atoms with van der Waals surface area (Å²) in [5.74, 6) is -1.12. The summed E-state index contributed by atoms with van der Waals surface area (Å²) in [6.07, 6.45) is -1.96. The fourth-order valence-corrected chi connectivity index (χ4v) is 2.99. The van der Waals surface area contributed by atoms with Crippen LogP contribution in [0.3, 0.4) is 0 Å². The summed E-state index contributed by atoms with van der Waals surface area (Å²) in [6, 6.07) is 3.32. The lowest BCUT2D eigenvalue weighted by molar-refractivity contribution is -0.143. The monoisotopic (exact) mass is 444 g/mol. The van der Waals surface area contributed by atoms with Crippen LogP contribution >= 0.6 is 11.6 Å². The summed E-state index contributed by atoms with van der Waals surface area (Å²) in [5.41, 5.74) is -2.01. The van der Waals surface area contributed by atoms with Gasteiger partial charge in [-0.2, -0.15) is 23.4 Å². The van der Waals surface area contributed by atoms with Crippen molar-refractivity contribution in [3.63, 3.8) is 0 Å². The quantitative estimate of drug-likeness (QED) is 0.607. The normalized spacial score (nSPS) is 11.5. The molecule has 160 valence electrons. The molecule has 13 heteroatoms. The van der Waals surface area contributed by atoms with E-state index in [9.17, 15) is 22.8 Å². The number of carbonyl (C=O) groups excluding carboxylic acids is 2. The van der Waals surface area contributed by atoms with Gasteiger partial charge in [0.05, 0.1) is 18.5 Å². The van der Waals surface area contributed by atoms with Crippen molar-refractivity contribution in [2.24, 2.45) is 7.05 Å². The molecule has 0 saturated carbocycles. The fourth-order valence-electron chi connectivity index (χ4n) is 2.64. The molecule has 0 unspecified atom stereocenters. The van der Waals surface area contributed by atoms with E-state index in [-0.39, 0.29) is 17.9 Å². The van der Waals surface area contributed by atoms with Crippen molar-refractivity contribution >= 4 is 29.1 Å². The summed E-state index contributed by atoms with van der Waals surface area (Å²) in [4.78, 5) is 25.0. The van der Waals surface area contributed by atoms with Gasteiger partial charge in [-0.15, -0.1) is 0 Å². The predicted octanol–water partition coefficient (Wildman–Crippen LogP) is 3.08. The van der Waals surface area contributed by atoms with E-state index in [4.69, 9.17) is 16.0 Å². The Balaban J connectivity index is 1.83. The van der Waals surface area contributed by atoms with Crippen LogP contribution in [0.2, 0.25) is 5.02 Å². The highest BCUT2D eigenvalue weighted by Crippen LogP contribution is 2.36. The van der Waals surface area contributed by atoms with Gasteiger partial charge in [-0.05, 0) is 19.1 Å². The molecule has 3 rings (SSSR count). The molecule has 3 aromatic rings. The Morgan fingerprint density at radius 3 is 2.53 bits per heavy atom. The first-order chi connectivity index (χ1) is 14.1. The lowest BCUT2D eigenvalue weighted by Crippen LogP contribution is -2.25. The number of halogens is 4. The topological polar surface area (TPSA) is 107 Å². The Labute approximate surface area is 172 Å². The molecule has 0 atom stereocenters. The molecule has 0 aromatic carbocycles. The number of amides is 2. The van der Waals surface area contributed by atoms with Crippen LogP contribution in [0.5, 0.6) is 0 Å². The number of hydrogen-bond donors (Lipinski definition) is 2. The molecule has 0 radical (unpaired) electrons. The number of nitrogens with one attached hydrogen (secondary N) is 2. The molecule has 30 heavy (non-hydrogen) atoms. The summed E-state index contributed by atoms with van der Waals surface area (Å²) >= 11 is 5.74. The third kappa shape index (κ3) is 4.32. The number of carbonyl (C=O) groups is 2. The third-order valence-corrected chi connectivity index (χ3v) is 4.38. The predicted molar refractivity (Wildman–Crippen MR) is 99.0 cm³/mol. The largest absolute Gasteiger partial charge is 0.467 e. The smallest absolute Gasteiger partial charge is 0.434 e. The van der Waals surface area contributed by atoms with Crippen molar-refractivity contribution in [1.82, 2.24) is 24.9 Å². The minimum Gasteiger partial charge on any atom is -0.467 e. The van der Waals surface area contributed by atoms with E-state index < -0.39 is 34.4 Å². The van der Waals surface area contributed by atoms with E-state index in [1.807, 2.05) is 0 Å². The highest BCUT2D eigenvalue weighted by Gasteiger charge is 2.40. The molecule has 0 bridgehead atoms. The first-order valence-corrected chi connectivity index (χ1v) is 8.98. The molecule has 3 aromatic heterocycles. The van der Waals surface area contributed by atoms with E-state index in [0.29, 0.717) is 17.0 Å². The Morgan fingerprint density at radius 2 is 1.97 bits per heavy atom. The van der Waals surface area contributed by atoms with E-state index in [2.05, 4.69) is 20.8 Å². The van der Waals surface area contributed by atoms with E-state index >= 15 is 0 Å². The van der Waals surface area contributed by atoms with Crippen LogP contribution in [0, 0.1) is 0 Å². The van der Waals surface area contributed by atoms with Gasteiger partial charge in [-0.1, -0.05) is 11.6 Å². The molecule has 2 N–H and O–H groups in total. The fraction of sp³-hybridized carbons (Fsp3) is 0.294. The number of aromatic nitrogens is 4. The van der Waals surface area contributed by atoms with Crippen molar-refractivity contribution in [2.75, 3.05) is 5.32 Å². The van der Waals surface area contributed by atoms with Gasteiger partial charge in [0.25, 0.3) is 11.8 Å². The zero-order valence-electron chi connectivity index (χ0n) is 15.7. The van der Waals surface area contributed by atoms with Gasteiger partial charge in [0.15, 0.2) is 17.1 Å². The van der Waals surface area contributed by atoms with Gasteiger partial charge in [-0.3, -0.25) is 19.0 Å². The maximum Gasteiger partial charge on any atom is 0.434 e. The Kier molecular flexibility index (Phi) is 5.87. The van der Waals surface area contributed by atoms with Gasteiger partial charge >= 0.3 is 6.18 Å². The standard InChI is InChI=1S/C17H16ClF3N6O3/c1-3-27-8-10(12(25-27)15(28)22-7-9-5-4-6-30-9)23-16(29)13-11(18)14(17(19,20)21)26(2)24-13/h4-6,8H,3,7H2,1-2H3,(H,22,28)(H,23,29). The van der Waals surface area contributed by atoms with Crippen LogP contribution in [-0.2, 0) is 26.3 Å². The van der Waals surface area contributed by atoms with Gasteiger partial charge in [0.2, 0.25) is 0 Å². The van der Waals surface area contributed by atoms with Crippen LogP contribution in [0.25, 0.3) is 0 Å². The molecule has 9 nitrogen and oxygen atoms in total. The maximum absolute atomic E-state index is 13.1. The van der Waals surface area contributed by atoms with Gasteiger partial charge < -0.3 is 15.1 Å². The average molecular weight is 445 g/mol. The Hall–Kier alpha value is -3.28. The van der Waals surface area contributed by atoms with Crippen LogP contribution < -0.4 is 10.6 Å². The number of furan rings is 1. The second kappa shape index (κ2) is 8.22. The van der Waals surface area contributed by atoms with Crippen molar-refractivity contribution < 1.29 is 27.2 Å².